The fourth-order valence-electron chi connectivity index (χ4n) is 11.6. The third kappa shape index (κ3) is 5.66. The molecule has 11 aromatic carbocycles. The summed E-state index contributed by atoms with van der Waals surface area (Å²) in [6.07, 6.45) is 0. The van der Waals surface area contributed by atoms with E-state index in [-0.39, 0.29) is 5.41 Å². The number of para-hydroxylation sites is 4. The van der Waals surface area contributed by atoms with Gasteiger partial charge in [-0.25, -0.2) is 0 Å². The minimum atomic E-state index is -0.138. The Bertz CT molecular complexity index is 4150. The largest absolute Gasteiger partial charge is 0.455 e. The molecule has 0 bridgehead atoms. The monoisotopic (exact) mass is 868 g/mol. The van der Waals surface area contributed by atoms with Crippen LogP contribution in [0.15, 0.2) is 235 Å². The molecule has 0 N–H and O–H groups in total. The van der Waals surface area contributed by atoms with Crippen LogP contribution >= 0.6 is 0 Å². The van der Waals surface area contributed by atoms with E-state index in [1.807, 2.05) is 0 Å². The maximum absolute atomic E-state index is 6.94. The molecule has 0 spiro atoms. The third-order valence-corrected chi connectivity index (χ3v) is 14.7. The van der Waals surface area contributed by atoms with Gasteiger partial charge < -0.3 is 13.9 Å². The molecule has 320 valence electrons. The summed E-state index contributed by atoms with van der Waals surface area (Å²) in [7, 11) is 0. The molecule has 2 aromatic heterocycles. The molecule has 1 aliphatic carbocycles. The Morgan fingerprint density at radius 2 is 1.00 bits per heavy atom. The molecule has 13 aromatic rings. The van der Waals surface area contributed by atoms with Crippen molar-refractivity contribution in [2.45, 2.75) is 19.3 Å². The molecule has 0 atom stereocenters. The summed E-state index contributed by atoms with van der Waals surface area (Å²) in [6, 6.07) is 84.6. The van der Waals surface area contributed by atoms with Crippen molar-refractivity contribution < 1.29 is 4.42 Å². The van der Waals surface area contributed by atoms with Crippen LogP contribution in [0.5, 0.6) is 0 Å². The Kier molecular flexibility index (Phi) is 8.33. The highest BCUT2D eigenvalue weighted by Gasteiger charge is 2.35. The average Bonchev–Trinajstić information content (AvgIpc) is 4.02. The van der Waals surface area contributed by atoms with Gasteiger partial charge in [0.15, 0.2) is 0 Å². The Balaban J connectivity index is 1.05. The fraction of sp³-hybridized carbons (Fsp3) is 0.0462. The topological polar surface area (TPSA) is 21.3 Å². The van der Waals surface area contributed by atoms with Crippen LogP contribution in [-0.4, -0.2) is 4.57 Å². The molecule has 14 rings (SSSR count). The van der Waals surface area contributed by atoms with E-state index in [0.29, 0.717) is 0 Å². The lowest BCUT2D eigenvalue weighted by molar-refractivity contribution is 0.660. The highest BCUT2D eigenvalue weighted by molar-refractivity contribution is 6.17. The fourth-order valence-corrected chi connectivity index (χ4v) is 11.6. The quantitative estimate of drug-likeness (QED) is 0.155. The lowest BCUT2D eigenvalue weighted by Crippen LogP contribution is -2.15. The first-order valence-corrected chi connectivity index (χ1v) is 23.6. The number of hydrogen-bond acceptors (Lipinski definition) is 2. The first-order chi connectivity index (χ1) is 33.5. The number of aromatic nitrogens is 1. The van der Waals surface area contributed by atoms with Crippen molar-refractivity contribution >= 4 is 82.4 Å². The Morgan fingerprint density at radius 3 is 1.81 bits per heavy atom. The second-order valence-corrected chi connectivity index (χ2v) is 18.8. The van der Waals surface area contributed by atoms with Crippen molar-refractivity contribution in [2.75, 3.05) is 4.90 Å². The van der Waals surface area contributed by atoms with Gasteiger partial charge in [-0.1, -0.05) is 184 Å². The summed E-state index contributed by atoms with van der Waals surface area (Å²) >= 11 is 0. The van der Waals surface area contributed by atoms with Crippen molar-refractivity contribution in [2.24, 2.45) is 0 Å². The maximum Gasteiger partial charge on any atom is 0.143 e. The molecule has 0 saturated carbocycles. The van der Waals surface area contributed by atoms with E-state index in [4.69, 9.17) is 4.42 Å². The summed E-state index contributed by atoms with van der Waals surface area (Å²) in [6.45, 7) is 4.73. The van der Waals surface area contributed by atoms with Crippen molar-refractivity contribution in [3.63, 3.8) is 0 Å². The molecule has 0 fully saturated rings. The molecule has 2 heterocycles. The lowest BCUT2D eigenvalue weighted by Gasteiger charge is -2.30. The van der Waals surface area contributed by atoms with E-state index < -0.39 is 0 Å². The Hall–Kier alpha value is -8.66. The van der Waals surface area contributed by atoms with E-state index in [1.54, 1.807) is 0 Å². The van der Waals surface area contributed by atoms with Gasteiger partial charge in [-0.2, -0.15) is 0 Å². The Morgan fingerprint density at radius 1 is 0.382 bits per heavy atom. The molecule has 0 saturated heterocycles. The van der Waals surface area contributed by atoms with Crippen LogP contribution in [0.2, 0.25) is 0 Å². The predicted octanol–water partition coefficient (Wildman–Crippen LogP) is 18.1. The molecular weight excluding hydrogens is 825 g/mol. The predicted molar refractivity (Wildman–Crippen MR) is 286 cm³/mol. The highest BCUT2D eigenvalue weighted by atomic mass is 16.3. The van der Waals surface area contributed by atoms with E-state index in [2.05, 4.69) is 254 Å². The zero-order valence-electron chi connectivity index (χ0n) is 37.7. The number of nitrogens with zero attached hydrogens (tertiary/aromatic N) is 2. The molecule has 68 heavy (non-hydrogen) atoms. The molecule has 0 unspecified atom stereocenters. The minimum absolute atomic E-state index is 0.138. The van der Waals surface area contributed by atoms with Crippen LogP contribution in [0.25, 0.3) is 104 Å². The van der Waals surface area contributed by atoms with Gasteiger partial charge >= 0.3 is 0 Å². The number of benzene rings is 11. The van der Waals surface area contributed by atoms with E-state index >= 15 is 0 Å². The first kappa shape index (κ1) is 38.6. The van der Waals surface area contributed by atoms with Crippen molar-refractivity contribution in [3.8, 4) is 39.1 Å². The van der Waals surface area contributed by atoms with Gasteiger partial charge in [-0.3, -0.25) is 0 Å². The van der Waals surface area contributed by atoms with Gasteiger partial charge in [0.2, 0.25) is 0 Å². The van der Waals surface area contributed by atoms with Crippen LogP contribution in [0.1, 0.15) is 25.0 Å². The molecule has 0 aliphatic heterocycles. The van der Waals surface area contributed by atoms with Crippen LogP contribution in [-0.2, 0) is 5.41 Å². The van der Waals surface area contributed by atoms with Gasteiger partial charge in [0, 0.05) is 54.8 Å². The highest BCUT2D eigenvalue weighted by Crippen LogP contribution is 2.52. The van der Waals surface area contributed by atoms with E-state index in [9.17, 15) is 0 Å². The molecule has 0 amide bonds. The summed E-state index contributed by atoms with van der Waals surface area (Å²) in [5.41, 5.74) is 18.1. The standard InChI is InChI=1S/C65H44N2O/c1-65(2)57-29-12-7-24-49(57)50-35-34-43(37-58(50)65)47-22-8-13-30-59(47)67(62-38-42-18-3-4-21-46(42)48-23-5-6-25-51(48)62)45-39-55(64-56(40-45)54-28-11-16-33-63(54)68-64)41-19-17-20-44(36-41)66-60-31-14-9-26-52(60)53-27-10-15-32-61(53)66/h3-40H,1-2H3. The van der Waals surface area contributed by atoms with Crippen LogP contribution in [0, 0.1) is 0 Å². The summed E-state index contributed by atoms with van der Waals surface area (Å²) in [5, 5.41) is 9.45. The molecule has 3 heteroatoms. The van der Waals surface area contributed by atoms with Crippen molar-refractivity contribution in [1.82, 2.24) is 4.57 Å². The second kappa shape index (κ2) is 14.7. The van der Waals surface area contributed by atoms with E-state index in [1.165, 1.54) is 71.2 Å². The Labute approximate surface area is 394 Å². The van der Waals surface area contributed by atoms with Crippen molar-refractivity contribution in [3.05, 3.63) is 242 Å². The van der Waals surface area contributed by atoms with E-state index in [0.717, 1.165) is 61.4 Å². The summed E-state index contributed by atoms with van der Waals surface area (Å²) in [4.78, 5) is 2.51. The van der Waals surface area contributed by atoms with Gasteiger partial charge in [0.25, 0.3) is 0 Å². The van der Waals surface area contributed by atoms with Crippen molar-refractivity contribution in [1.29, 1.82) is 0 Å². The van der Waals surface area contributed by atoms with Gasteiger partial charge in [0.1, 0.15) is 11.2 Å². The smallest absolute Gasteiger partial charge is 0.143 e. The van der Waals surface area contributed by atoms with Crippen LogP contribution in [0.4, 0.5) is 17.1 Å². The molecule has 0 radical (unpaired) electrons. The molecular formula is C65H44N2O. The summed E-state index contributed by atoms with van der Waals surface area (Å²) < 4.78 is 9.34. The SMILES string of the molecule is CC1(C)c2ccccc2-c2ccc(-c3ccccc3N(c3cc(-c4cccc(-n5c6ccccc6c6ccccc65)c4)c4oc5ccccc5c4c3)c3cc4ccccc4c4ccccc34)cc21. The van der Waals surface area contributed by atoms with Gasteiger partial charge in [-0.05, 0) is 110 Å². The third-order valence-electron chi connectivity index (χ3n) is 14.7. The normalized spacial score (nSPS) is 13.0. The second-order valence-electron chi connectivity index (χ2n) is 18.8. The summed E-state index contributed by atoms with van der Waals surface area (Å²) in [5.74, 6) is 0. The van der Waals surface area contributed by atoms with Gasteiger partial charge in [0.05, 0.1) is 22.4 Å². The zero-order chi connectivity index (χ0) is 45.1. The number of hydrogen-bond donors (Lipinski definition) is 0. The minimum Gasteiger partial charge on any atom is -0.455 e. The van der Waals surface area contributed by atoms with Crippen LogP contribution in [0.3, 0.4) is 0 Å². The zero-order valence-corrected chi connectivity index (χ0v) is 37.7. The number of furan rings is 1. The number of rotatable bonds is 6. The number of anilines is 3. The van der Waals surface area contributed by atoms with Crippen LogP contribution < -0.4 is 4.90 Å². The average molecular weight is 869 g/mol. The molecule has 1 aliphatic rings. The van der Waals surface area contributed by atoms with Gasteiger partial charge in [-0.15, -0.1) is 0 Å². The number of fused-ring (bicyclic) bond motifs is 12. The molecule has 3 nitrogen and oxygen atoms in total. The lowest BCUT2D eigenvalue weighted by atomic mass is 9.81. The first-order valence-electron chi connectivity index (χ1n) is 23.6. The maximum atomic E-state index is 6.94.